The molecule has 1 heterocycles. The van der Waals surface area contributed by atoms with Gasteiger partial charge in [-0.05, 0) is 44.0 Å². The van der Waals surface area contributed by atoms with Crippen LogP contribution in [-0.4, -0.2) is 27.7 Å². The largest absolute Gasteiger partial charge is 0.434 e. The molecule has 0 saturated heterocycles. The second kappa shape index (κ2) is 9.18. The van der Waals surface area contributed by atoms with Crippen LogP contribution in [0, 0.1) is 6.92 Å². The number of fused-ring (bicyclic) bond motifs is 1. The maximum atomic E-state index is 13.2. The lowest BCUT2D eigenvalue weighted by molar-refractivity contribution is -0.0501. The highest BCUT2D eigenvalue weighted by molar-refractivity contribution is 7.99. The maximum absolute atomic E-state index is 13.2. The van der Waals surface area contributed by atoms with E-state index < -0.39 is 6.61 Å². The Hall–Kier alpha value is -2.74. The molecule has 1 aliphatic carbocycles. The predicted molar refractivity (Wildman–Crippen MR) is 116 cm³/mol. The molecule has 0 amide bonds. The summed E-state index contributed by atoms with van der Waals surface area (Å²) in [5.74, 6) is -0.545. The van der Waals surface area contributed by atoms with Crippen molar-refractivity contribution in [2.45, 2.75) is 50.4 Å². The van der Waals surface area contributed by atoms with Crippen molar-refractivity contribution < 1.29 is 18.3 Å². The van der Waals surface area contributed by atoms with Crippen molar-refractivity contribution >= 4 is 28.4 Å². The van der Waals surface area contributed by atoms with Crippen LogP contribution < -0.4 is 10.3 Å². The SMILES string of the molecule is Cc1ccc(OC(F)F)c(C(=O)CSc2nc3ccccc3c(=O)n2C2CCCC2)c1. The van der Waals surface area contributed by atoms with E-state index in [1.807, 2.05) is 12.1 Å². The van der Waals surface area contributed by atoms with Crippen molar-refractivity contribution in [1.29, 1.82) is 0 Å². The molecule has 1 aliphatic rings. The number of para-hydroxylation sites is 1. The molecule has 31 heavy (non-hydrogen) atoms. The summed E-state index contributed by atoms with van der Waals surface area (Å²) < 4.78 is 31.7. The van der Waals surface area contributed by atoms with Crippen LogP contribution in [0.3, 0.4) is 0 Å². The summed E-state index contributed by atoms with van der Waals surface area (Å²) in [4.78, 5) is 30.7. The molecule has 2 aromatic carbocycles. The summed E-state index contributed by atoms with van der Waals surface area (Å²) >= 11 is 1.16. The van der Waals surface area contributed by atoms with Crippen LogP contribution >= 0.6 is 11.8 Å². The number of thioether (sulfide) groups is 1. The van der Waals surface area contributed by atoms with Gasteiger partial charge in [-0.1, -0.05) is 48.4 Å². The highest BCUT2D eigenvalue weighted by atomic mass is 32.2. The number of benzene rings is 2. The van der Waals surface area contributed by atoms with Crippen molar-refractivity contribution in [2.75, 3.05) is 5.75 Å². The van der Waals surface area contributed by atoms with Crippen molar-refractivity contribution in [3.63, 3.8) is 0 Å². The van der Waals surface area contributed by atoms with E-state index >= 15 is 0 Å². The van der Waals surface area contributed by atoms with Crippen molar-refractivity contribution in [2.24, 2.45) is 0 Å². The van der Waals surface area contributed by atoms with Gasteiger partial charge < -0.3 is 4.74 Å². The van der Waals surface area contributed by atoms with Gasteiger partial charge in [0.25, 0.3) is 5.56 Å². The zero-order valence-corrected chi connectivity index (χ0v) is 17.8. The second-order valence-electron chi connectivity index (χ2n) is 7.61. The molecule has 0 spiro atoms. The Balaban J connectivity index is 1.66. The molecule has 1 saturated carbocycles. The number of carbonyl (C=O) groups is 1. The van der Waals surface area contributed by atoms with E-state index in [-0.39, 0.29) is 34.5 Å². The molecule has 0 unspecified atom stereocenters. The van der Waals surface area contributed by atoms with E-state index in [1.54, 1.807) is 35.8 Å². The average Bonchev–Trinajstić information content (AvgIpc) is 3.27. The van der Waals surface area contributed by atoms with E-state index in [2.05, 4.69) is 9.72 Å². The quantitative estimate of drug-likeness (QED) is 0.278. The zero-order valence-electron chi connectivity index (χ0n) is 17.0. The Morgan fingerprint density at radius 1 is 1.23 bits per heavy atom. The smallest absolute Gasteiger partial charge is 0.387 e. The summed E-state index contributed by atoms with van der Waals surface area (Å²) in [6.07, 6.45) is 3.88. The van der Waals surface area contributed by atoms with Gasteiger partial charge in [-0.15, -0.1) is 0 Å². The van der Waals surface area contributed by atoms with E-state index in [9.17, 15) is 18.4 Å². The molecule has 0 radical (unpaired) electrons. The van der Waals surface area contributed by atoms with Crippen LogP contribution in [0.5, 0.6) is 5.75 Å². The van der Waals surface area contributed by atoms with E-state index in [1.165, 1.54) is 6.07 Å². The first-order chi connectivity index (χ1) is 14.9. The molecule has 0 atom stereocenters. The summed E-state index contributed by atoms with van der Waals surface area (Å²) in [7, 11) is 0. The Morgan fingerprint density at radius 3 is 2.71 bits per heavy atom. The summed E-state index contributed by atoms with van der Waals surface area (Å²) in [5, 5.41) is 1.03. The van der Waals surface area contributed by atoms with Crippen molar-refractivity contribution in [1.82, 2.24) is 9.55 Å². The lowest BCUT2D eigenvalue weighted by Crippen LogP contribution is -2.26. The van der Waals surface area contributed by atoms with Gasteiger partial charge in [0.05, 0.1) is 22.2 Å². The number of alkyl halides is 2. The molecular formula is C23H22F2N2O3S. The van der Waals surface area contributed by atoms with Crippen LogP contribution in [0.1, 0.15) is 47.6 Å². The highest BCUT2D eigenvalue weighted by Crippen LogP contribution is 2.33. The molecule has 1 fully saturated rings. The number of Topliss-reactive ketones (excluding diaryl/α,β-unsaturated/α-hetero) is 1. The number of aryl methyl sites for hydroxylation is 1. The molecule has 162 valence electrons. The minimum atomic E-state index is -3.02. The van der Waals surface area contributed by atoms with Gasteiger partial charge in [-0.3, -0.25) is 14.2 Å². The third-order valence-corrected chi connectivity index (χ3v) is 6.40. The van der Waals surface area contributed by atoms with Gasteiger partial charge in [-0.25, -0.2) is 4.98 Å². The van der Waals surface area contributed by atoms with Crippen LogP contribution in [0.2, 0.25) is 0 Å². The number of ketones is 1. The molecule has 1 aromatic heterocycles. The van der Waals surface area contributed by atoms with Crippen LogP contribution in [0.4, 0.5) is 8.78 Å². The molecule has 3 aromatic rings. The van der Waals surface area contributed by atoms with Crippen LogP contribution in [0.25, 0.3) is 10.9 Å². The number of hydrogen-bond donors (Lipinski definition) is 0. The zero-order chi connectivity index (χ0) is 22.0. The predicted octanol–water partition coefficient (Wildman–Crippen LogP) is 5.40. The number of nitrogens with zero attached hydrogens (tertiary/aromatic N) is 2. The minimum Gasteiger partial charge on any atom is -0.434 e. The third kappa shape index (κ3) is 4.63. The standard InChI is InChI=1S/C23H22F2N2O3S/c1-14-10-11-20(30-22(24)25)17(12-14)19(28)13-31-23-26-18-9-5-4-8-16(18)21(29)27(23)15-6-2-3-7-15/h4-5,8-12,15,22H,2-3,6-7,13H2,1H3. The Bertz CT molecular complexity index is 1170. The topological polar surface area (TPSA) is 61.2 Å². The molecule has 5 nitrogen and oxygen atoms in total. The van der Waals surface area contributed by atoms with Crippen LogP contribution in [-0.2, 0) is 0 Å². The fourth-order valence-corrected chi connectivity index (χ4v) is 4.93. The molecule has 8 heteroatoms. The van der Waals surface area contributed by atoms with Gasteiger partial charge in [0.15, 0.2) is 10.9 Å². The Kier molecular flexibility index (Phi) is 6.36. The molecule has 4 rings (SSSR count). The molecule has 0 bridgehead atoms. The summed E-state index contributed by atoms with van der Waals surface area (Å²) in [6, 6.07) is 11.7. The molecule has 0 aliphatic heterocycles. The van der Waals surface area contributed by atoms with Crippen LogP contribution in [0.15, 0.2) is 52.4 Å². The fourth-order valence-electron chi connectivity index (χ4n) is 3.98. The number of hydrogen-bond acceptors (Lipinski definition) is 5. The number of ether oxygens (including phenoxy) is 1. The lowest BCUT2D eigenvalue weighted by Gasteiger charge is -2.18. The first kappa shape index (κ1) is 21.5. The number of carbonyl (C=O) groups excluding carboxylic acids is 1. The van der Waals surface area contributed by atoms with Gasteiger partial charge >= 0.3 is 6.61 Å². The molecular weight excluding hydrogens is 422 g/mol. The monoisotopic (exact) mass is 444 g/mol. The lowest BCUT2D eigenvalue weighted by atomic mass is 10.1. The first-order valence-electron chi connectivity index (χ1n) is 10.2. The van der Waals surface area contributed by atoms with Gasteiger partial charge in [0.2, 0.25) is 0 Å². The second-order valence-corrected chi connectivity index (χ2v) is 8.56. The van der Waals surface area contributed by atoms with Crippen molar-refractivity contribution in [3.8, 4) is 5.75 Å². The first-order valence-corrected chi connectivity index (χ1v) is 11.2. The molecule has 0 N–H and O–H groups in total. The van der Waals surface area contributed by atoms with E-state index in [0.717, 1.165) is 43.0 Å². The Morgan fingerprint density at radius 2 is 1.97 bits per heavy atom. The normalized spacial score (nSPS) is 14.5. The van der Waals surface area contributed by atoms with Gasteiger partial charge in [-0.2, -0.15) is 8.78 Å². The number of halogens is 2. The third-order valence-electron chi connectivity index (χ3n) is 5.45. The maximum Gasteiger partial charge on any atom is 0.387 e. The summed E-state index contributed by atoms with van der Waals surface area (Å²) in [6.45, 7) is -1.24. The van der Waals surface area contributed by atoms with E-state index in [4.69, 9.17) is 0 Å². The summed E-state index contributed by atoms with van der Waals surface area (Å²) in [5.41, 5.74) is 1.34. The average molecular weight is 445 g/mol. The number of aromatic nitrogens is 2. The highest BCUT2D eigenvalue weighted by Gasteiger charge is 2.24. The van der Waals surface area contributed by atoms with E-state index in [0.29, 0.717) is 16.1 Å². The van der Waals surface area contributed by atoms with Gasteiger partial charge in [0, 0.05) is 6.04 Å². The Labute approximate surface area is 182 Å². The minimum absolute atomic E-state index is 0.0411. The fraction of sp³-hybridized carbons (Fsp3) is 0.348. The number of rotatable bonds is 7. The van der Waals surface area contributed by atoms with Gasteiger partial charge in [0.1, 0.15) is 5.75 Å². The van der Waals surface area contributed by atoms with Crippen molar-refractivity contribution in [3.05, 3.63) is 63.9 Å².